The fraction of sp³-hybridized carbons (Fsp3) is 1.00. The molecule has 1 N–H and O–H groups in total. The lowest BCUT2D eigenvalue weighted by Gasteiger charge is -2.42. The van der Waals surface area contributed by atoms with Crippen molar-refractivity contribution < 1.29 is 0 Å². The van der Waals surface area contributed by atoms with E-state index in [1.807, 2.05) is 0 Å². The summed E-state index contributed by atoms with van der Waals surface area (Å²) >= 11 is 0. The summed E-state index contributed by atoms with van der Waals surface area (Å²) < 4.78 is 0. The zero-order chi connectivity index (χ0) is 12.3. The molecular formula is C15H30N2. The summed E-state index contributed by atoms with van der Waals surface area (Å²) in [6, 6.07) is 1.58. The predicted octanol–water partition coefficient (Wildman–Crippen LogP) is 2.89. The first-order chi connectivity index (χ1) is 8.26. The van der Waals surface area contributed by atoms with Crippen molar-refractivity contribution in [1.82, 2.24) is 10.2 Å². The highest BCUT2D eigenvalue weighted by Crippen LogP contribution is 2.36. The van der Waals surface area contributed by atoms with Crippen LogP contribution in [0.2, 0.25) is 0 Å². The molecule has 0 radical (unpaired) electrons. The second-order valence-electron chi connectivity index (χ2n) is 6.15. The number of nitrogens with one attached hydrogen (secondary N) is 1. The van der Waals surface area contributed by atoms with Crippen molar-refractivity contribution in [3.63, 3.8) is 0 Å². The zero-order valence-corrected chi connectivity index (χ0v) is 11.9. The molecule has 0 bridgehead atoms. The van der Waals surface area contributed by atoms with Crippen LogP contribution in [0.3, 0.4) is 0 Å². The minimum absolute atomic E-state index is 0.729. The van der Waals surface area contributed by atoms with Crippen molar-refractivity contribution in [2.24, 2.45) is 11.8 Å². The molecule has 0 amide bonds. The number of hydrogen-bond donors (Lipinski definition) is 1. The van der Waals surface area contributed by atoms with Gasteiger partial charge in [-0.05, 0) is 37.6 Å². The Labute approximate surface area is 107 Å². The molecule has 1 heterocycles. The molecule has 0 aromatic rings. The molecule has 2 heteroatoms. The van der Waals surface area contributed by atoms with Crippen molar-refractivity contribution in [3.05, 3.63) is 0 Å². The third kappa shape index (κ3) is 3.45. The molecule has 3 atom stereocenters. The summed E-state index contributed by atoms with van der Waals surface area (Å²) in [7, 11) is 0. The van der Waals surface area contributed by atoms with Gasteiger partial charge in [0.15, 0.2) is 0 Å². The van der Waals surface area contributed by atoms with Gasteiger partial charge in [0.25, 0.3) is 0 Å². The van der Waals surface area contributed by atoms with E-state index in [1.54, 1.807) is 0 Å². The first-order valence-corrected chi connectivity index (χ1v) is 7.73. The number of nitrogens with zero attached hydrogens (tertiary/aromatic N) is 1. The van der Waals surface area contributed by atoms with Gasteiger partial charge in [-0.15, -0.1) is 0 Å². The van der Waals surface area contributed by atoms with Gasteiger partial charge in [-0.25, -0.2) is 0 Å². The standard InChI is InChI=1S/C15H30N2/c1-4-6-9-17-11-14(12(3)5-2)16-10-15(17)13-7-8-13/h12-16H,4-11H2,1-3H3. The van der Waals surface area contributed by atoms with Gasteiger partial charge in [-0.3, -0.25) is 4.90 Å². The topological polar surface area (TPSA) is 15.3 Å². The van der Waals surface area contributed by atoms with Crippen LogP contribution in [-0.2, 0) is 0 Å². The SMILES string of the molecule is CCCCN1CC(C(C)CC)NCC1C1CC1. The van der Waals surface area contributed by atoms with Crippen molar-refractivity contribution in [3.8, 4) is 0 Å². The predicted molar refractivity (Wildman–Crippen MR) is 74.2 cm³/mol. The smallest absolute Gasteiger partial charge is 0.0249 e. The highest BCUT2D eigenvalue weighted by molar-refractivity contribution is 4.95. The largest absolute Gasteiger partial charge is 0.311 e. The molecule has 2 aliphatic rings. The second-order valence-corrected chi connectivity index (χ2v) is 6.15. The van der Waals surface area contributed by atoms with Gasteiger partial charge in [0.2, 0.25) is 0 Å². The molecule has 0 aromatic carbocycles. The Morgan fingerprint density at radius 3 is 2.65 bits per heavy atom. The number of piperazine rings is 1. The van der Waals surface area contributed by atoms with Crippen molar-refractivity contribution in [2.45, 2.75) is 65.0 Å². The van der Waals surface area contributed by atoms with Crippen LogP contribution in [0.1, 0.15) is 52.9 Å². The van der Waals surface area contributed by atoms with E-state index in [1.165, 1.54) is 51.7 Å². The maximum absolute atomic E-state index is 3.81. The van der Waals surface area contributed by atoms with Gasteiger partial charge >= 0.3 is 0 Å². The zero-order valence-electron chi connectivity index (χ0n) is 11.9. The third-order valence-electron chi connectivity index (χ3n) is 4.79. The van der Waals surface area contributed by atoms with Crippen LogP contribution in [0.4, 0.5) is 0 Å². The fourth-order valence-corrected chi connectivity index (χ4v) is 3.08. The quantitative estimate of drug-likeness (QED) is 0.765. The van der Waals surface area contributed by atoms with Crippen LogP contribution in [0.25, 0.3) is 0 Å². The molecule has 2 fully saturated rings. The van der Waals surface area contributed by atoms with Gasteiger partial charge in [0.1, 0.15) is 0 Å². The van der Waals surface area contributed by atoms with E-state index in [4.69, 9.17) is 0 Å². The minimum Gasteiger partial charge on any atom is -0.311 e. The van der Waals surface area contributed by atoms with Crippen molar-refractivity contribution >= 4 is 0 Å². The van der Waals surface area contributed by atoms with E-state index in [2.05, 4.69) is 31.0 Å². The fourth-order valence-electron chi connectivity index (χ4n) is 3.08. The van der Waals surface area contributed by atoms with Crippen LogP contribution in [0.15, 0.2) is 0 Å². The van der Waals surface area contributed by atoms with E-state index in [9.17, 15) is 0 Å². The number of unbranched alkanes of at least 4 members (excludes halogenated alkanes) is 1. The molecule has 2 rings (SSSR count). The highest BCUT2D eigenvalue weighted by Gasteiger charge is 2.39. The van der Waals surface area contributed by atoms with Crippen LogP contribution >= 0.6 is 0 Å². The summed E-state index contributed by atoms with van der Waals surface area (Å²) in [6.07, 6.45) is 6.95. The lowest BCUT2D eigenvalue weighted by molar-refractivity contribution is 0.0946. The first-order valence-electron chi connectivity index (χ1n) is 7.73. The molecule has 0 aromatic heterocycles. The first kappa shape index (κ1) is 13.4. The van der Waals surface area contributed by atoms with E-state index in [0.29, 0.717) is 0 Å². The molecule has 17 heavy (non-hydrogen) atoms. The van der Waals surface area contributed by atoms with Crippen LogP contribution < -0.4 is 5.32 Å². The van der Waals surface area contributed by atoms with Crippen LogP contribution in [0, 0.1) is 11.8 Å². The molecule has 3 unspecified atom stereocenters. The molecule has 1 saturated carbocycles. The molecule has 100 valence electrons. The van der Waals surface area contributed by atoms with Gasteiger partial charge in [-0.1, -0.05) is 33.6 Å². The maximum atomic E-state index is 3.81. The third-order valence-corrected chi connectivity index (χ3v) is 4.79. The van der Waals surface area contributed by atoms with Crippen molar-refractivity contribution in [1.29, 1.82) is 0 Å². The average Bonchev–Trinajstić information content (AvgIpc) is 3.19. The number of rotatable bonds is 6. The molecular weight excluding hydrogens is 208 g/mol. The summed E-state index contributed by atoms with van der Waals surface area (Å²) in [5.41, 5.74) is 0. The highest BCUT2D eigenvalue weighted by atomic mass is 15.2. The van der Waals surface area contributed by atoms with E-state index in [-0.39, 0.29) is 0 Å². The second kappa shape index (κ2) is 6.19. The Morgan fingerprint density at radius 2 is 2.06 bits per heavy atom. The molecule has 1 aliphatic carbocycles. The molecule has 1 saturated heterocycles. The van der Waals surface area contributed by atoms with Gasteiger partial charge < -0.3 is 5.32 Å². The van der Waals surface area contributed by atoms with Gasteiger partial charge in [0.05, 0.1) is 0 Å². The van der Waals surface area contributed by atoms with Crippen LogP contribution in [0.5, 0.6) is 0 Å². The monoisotopic (exact) mass is 238 g/mol. The normalized spacial score (nSPS) is 32.6. The Kier molecular flexibility index (Phi) is 4.87. The van der Waals surface area contributed by atoms with E-state index < -0.39 is 0 Å². The molecule has 1 aliphatic heterocycles. The lowest BCUT2D eigenvalue weighted by Crippen LogP contribution is -2.59. The summed E-state index contributed by atoms with van der Waals surface area (Å²) in [4.78, 5) is 2.80. The molecule has 2 nitrogen and oxygen atoms in total. The van der Waals surface area contributed by atoms with Gasteiger partial charge in [-0.2, -0.15) is 0 Å². The lowest BCUT2D eigenvalue weighted by atomic mass is 9.94. The summed E-state index contributed by atoms with van der Waals surface area (Å²) in [6.45, 7) is 10.9. The van der Waals surface area contributed by atoms with Crippen molar-refractivity contribution in [2.75, 3.05) is 19.6 Å². The Hall–Kier alpha value is -0.0800. The van der Waals surface area contributed by atoms with Crippen LogP contribution in [-0.4, -0.2) is 36.6 Å². The number of hydrogen-bond acceptors (Lipinski definition) is 2. The Morgan fingerprint density at radius 1 is 1.29 bits per heavy atom. The summed E-state index contributed by atoms with van der Waals surface area (Å²) in [5.74, 6) is 1.83. The van der Waals surface area contributed by atoms with E-state index >= 15 is 0 Å². The average molecular weight is 238 g/mol. The summed E-state index contributed by atoms with van der Waals surface area (Å²) in [5, 5.41) is 3.81. The Balaban J connectivity index is 1.89. The van der Waals surface area contributed by atoms with Gasteiger partial charge in [0, 0.05) is 25.2 Å². The maximum Gasteiger partial charge on any atom is 0.0249 e. The minimum atomic E-state index is 0.729. The van der Waals surface area contributed by atoms with E-state index in [0.717, 1.165) is 23.9 Å². The molecule has 0 spiro atoms. The Bertz CT molecular complexity index is 225.